The van der Waals surface area contributed by atoms with Gasteiger partial charge in [0.1, 0.15) is 0 Å². The highest BCUT2D eigenvalue weighted by Gasteiger charge is 2.15. The van der Waals surface area contributed by atoms with Crippen LogP contribution in [0.15, 0.2) is 45.6 Å². The molecule has 1 saturated heterocycles. The molecule has 1 aromatic carbocycles. The molecule has 0 aliphatic carbocycles. The molecule has 0 atom stereocenters. The fraction of sp³-hybridized carbons (Fsp3) is 0.450. The van der Waals surface area contributed by atoms with Crippen LogP contribution in [-0.2, 0) is 4.74 Å². The van der Waals surface area contributed by atoms with E-state index < -0.39 is 0 Å². The Morgan fingerprint density at radius 3 is 2.72 bits per heavy atom. The molecule has 5 heteroatoms. The first-order valence-corrected chi connectivity index (χ1v) is 9.09. The first kappa shape index (κ1) is 17.5. The molecule has 0 spiro atoms. The lowest BCUT2D eigenvalue weighted by Crippen LogP contribution is -2.36. The third kappa shape index (κ3) is 4.63. The Morgan fingerprint density at radius 1 is 1.12 bits per heavy atom. The fourth-order valence-corrected chi connectivity index (χ4v) is 2.98. The molecule has 1 aliphatic rings. The van der Waals surface area contributed by atoms with Gasteiger partial charge < -0.3 is 19.4 Å². The number of morpholine rings is 1. The predicted octanol–water partition coefficient (Wildman–Crippen LogP) is 3.75. The van der Waals surface area contributed by atoms with Crippen molar-refractivity contribution in [3.63, 3.8) is 0 Å². The number of unbranched alkanes of at least 4 members (excludes halogenated alkanes) is 2. The number of nitrogens with one attached hydrogen (secondary N) is 1. The molecule has 0 amide bonds. The van der Waals surface area contributed by atoms with Gasteiger partial charge in [-0.25, -0.2) is 4.79 Å². The summed E-state index contributed by atoms with van der Waals surface area (Å²) in [5.74, 6) is 0.617. The summed E-state index contributed by atoms with van der Waals surface area (Å²) in [4.78, 5) is 14.5. The van der Waals surface area contributed by atoms with Crippen molar-refractivity contribution in [3.8, 4) is 11.1 Å². The first-order chi connectivity index (χ1) is 12.3. The predicted molar refractivity (Wildman–Crippen MR) is 101 cm³/mol. The van der Waals surface area contributed by atoms with E-state index in [9.17, 15) is 4.79 Å². The molecule has 0 unspecified atom stereocenters. The van der Waals surface area contributed by atoms with Crippen LogP contribution >= 0.6 is 0 Å². The molecule has 0 radical (unpaired) electrons. The van der Waals surface area contributed by atoms with Gasteiger partial charge in [0, 0.05) is 25.3 Å². The number of hydrogen-bond acceptors (Lipinski definition) is 5. The standard InChI is InChI=1S/C20H26N2O3/c1-2-3-4-10-21-17-7-5-6-16(15-17)18-8-9-19(25-20(18)23)22-11-13-24-14-12-22/h5-9,15,21H,2-4,10-14H2,1H3. The quantitative estimate of drug-likeness (QED) is 0.777. The topological polar surface area (TPSA) is 54.7 Å². The lowest BCUT2D eigenvalue weighted by molar-refractivity contribution is 0.120. The number of nitrogens with zero attached hydrogens (tertiary/aromatic N) is 1. The monoisotopic (exact) mass is 342 g/mol. The number of hydrogen-bond donors (Lipinski definition) is 1. The highest BCUT2D eigenvalue weighted by atomic mass is 16.5. The molecule has 2 heterocycles. The summed E-state index contributed by atoms with van der Waals surface area (Å²) in [6, 6.07) is 11.7. The number of ether oxygens (including phenoxy) is 1. The van der Waals surface area contributed by atoms with Gasteiger partial charge in [-0.05, 0) is 36.2 Å². The minimum absolute atomic E-state index is 0.299. The van der Waals surface area contributed by atoms with Gasteiger partial charge >= 0.3 is 5.63 Å². The average Bonchev–Trinajstić information content (AvgIpc) is 2.66. The highest BCUT2D eigenvalue weighted by molar-refractivity contribution is 5.67. The van der Waals surface area contributed by atoms with E-state index in [0.717, 1.165) is 37.3 Å². The van der Waals surface area contributed by atoms with Gasteiger partial charge in [-0.1, -0.05) is 31.9 Å². The molecule has 2 aromatic rings. The Balaban J connectivity index is 1.74. The van der Waals surface area contributed by atoms with Crippen LogP contribution in [-0.4, -0.2) is 32.8 Å². The maximum absolute atomic E-state index is 12.4. The van der Waals surface area contributed by atoms with Crippen molar-refractivity contribution in [1.82, 2.24) is 0 Å². The van der Waals surface area contributed by atoms with Gasteiger partial charge in [0.2, 0.25) is 0 Å². The van der Waals surface area contributed by atoms with Crippen molar-refractivity contribution >= 4 is 11.6 Å². The van der Waals surface area contributed by atoms with E-state index in [2.05, 4.69) is 12.2 Å². The molecule has 134 valence electrons. The maximum atomic E-state index is 12.4. The van der Waals surface area contributed by atoms with Crippen LogP contribution in [0.2, 0.25) is 0 Å². The Labute approximate surface area is 148 Å². The van der Waals surface area contributed by atoms with Crippen LogP contribution in [0, 0.1) is 0 Å². The normalized spacial score (nSPS) is 14.5. The van der Waals surface area contributed by atoms with E-state index in [1.54, 1.807) is 0 Å². The molecule has 3 rings (SSSR count). The molecule has 1 aliphatic heterocycles. The molecule has 0 bridgehead atoms. The second kappa shape index (κ2) is 8.72. The molecule has 1 aromatic heterocycles. The number of rotatable bonds is 7. The van der Waals surface area contributed by atoms with Gasteiger partial charge in [-0.15, -0.1) is 0 Å². The maximum Gasteiger partial charge on any atom is 0.345 e. The summed E-state index contributed by atoms with van der Waals surface area (Å²) in [5, 5.41) is 3.42. The van der Waals surface area contributed by atoms with E-state index in [1.165, 1.54) is 12.8 Å². The Kier molecular flexibility index (Phi) is 6.12. The Hall–Kier alpha value is -2.27. The number of anilines is 2. The molecule has 1 N–H and O–H groups in total. The second-order valence-corrected chi connectivity index (χ2v) is 6.29. The summed E-state index contributed by atoms with van der Waals surface area (Å²) < 4.78 is 10.9. The van der Waals surface area contributed by atoms with Gasteiger partial charge in [0.25, 0.3) is 0 Å². The number of benzene rings is 1. The largest absolute Gasteiger partial charge is 0.406 e. The SMILES string of the molecule is CCCCCNc1cccc(-c2ccc(N3CCOCC3)oc2=O)c1. The van der Waals surface area contributed by atoms with Crippen molar-refractivity contribution < 1.29 is 9.15 Å². The third-order valence-electron chi connectivity index (χ3n) is 4.42. The van der Waals surface area contributed by atoms with Crippen molar-refractivity contribution in [1.29, 1.82) is 0 Å². The van der Waals surface area contributed by atoms with Crippen molar-refractivity contribution in [2.24, 2.45) is 0 Å². The molecular formula is C20H26N2O3. The second-order valence-electron chi connectivity index (χ2n) is 6.29. The summed E-state index contributed by atoms with van der Waals surface area (Å²) in [5.41, 5.74) is 2.20. The van der Waals surface area contributed by atoms with E-state index >= 15 is 0 Å². The lowest BCUT2D eigenvalue weighted by Gasteiger charge is -2.26. The molecular weight excluding hydrogens is 316 g/mol. The van der Waals surface area contributed by atoms with Gasteiger partial charge in [0.05, 0.1) is 18.8 Å². The van der Waals surface area contributed by atoms with E-state index in [-0.39, 0.29) is 5.63 Å². The molecule has 1 fully saturated rings. The first-order valence-electron chi connectivity index (χ1n) is 9.09. The van der Waals surface area contributed by atoms with Crippen molar-refractivity contribution in [3.05, 3.63) is 46.8 Å². The average molecular weight is 342 g/mol. The minimum Gasteiger partial charge on any atom is -0.406 e. The van der Waals surface area contributed by atoms with Gasteiger partial charge in [-0.3, -0.25) is 0 Å². The Bertz CT molecular complexity index is 736. The highest BCUT2D eigenvalue weighted by Crippen LogP contribution is 2.22. The molecule has 5 nitrogen and oxygen atoms in total. The summed E-state index contributed by atoms with van der Waals surface area (Å²) in [7, 11) is 0. The van der Waals surface area contributed by atoms with Crippen LogP contribution in [0.1, 0.15) is 26.2 Å². The summed E-state index contributed by atoms with van der Waals surface area (Å²) >= 11 is 0. The van der Waals surface area contributed by atoms with Crippen molar-refractivity contribution in [2.75, 3.05) is 43.1 Å². The zero-order chi connectivity index (χ0) is 17.5. The van der Waals surface area contributed by atoms with Crippen LogP contribution in [0.5, 0.6) is 0 Å². The zero-order valence-corrected chi connectivity index (χ0v) is 14.8. The van der Waals surface area contributed by atoms with Crippen LogP contribution < -0.4 is 15.8 Å². The van der Waals surface area contributed by atoms with E-state index in [4.69, 9.17) is 9.15 Å². The summed E-state index contributed by atoms with van der Waals surface area (Å²) in [6.07, 6.45) is 3.58. The zero-order valence-electron chi connectivity index (χ0n) is 14.8. The summed E-state index contributed by atoms with van der Waals surface area (Å²) in [6.45, 7) is 5.97. The molecule has 25 heavy (non-hydrogen) atoms. The lowest BCUT2D eigenvalue weighted by atomic mass is 10.1. The van der Waals surface area contributed by atoms with Crippen LogP contribution in [0.4, 0.5) is 11.6 Å². The van der Waals surface area contributed by atoms with Crippen LogP contribution in [0.3, 0.4) is 0 Å². The minimum atomic E-state index is -0.299. The van der Waals surface area contributed by atoms with Gasteiger partial charge in [-0.2, -0.15) is 0 Å². The van der Waals surface area contributed by atoms with Crippen molar-refractivity contribution in [2.45, 2.75) is 26.2 Å². The Morgan fingerprint density at radius 2 is 1.96 bits per heavy atom. The third-order valence-corrected chi connectivity index (χ3v) is 4.42. The van der Waals surface area contributed by atoms with E-state index in [0.29, 0.717) is 24.7 Å². The van der Waals surface area contributed by atoms with Crippen LogP contribution in [0.25, 0.3) is 11.1 Å². The smallest absolute Gasteiger partial charge is 0.345 e. The molecule has 0 saturated carbocycles. The fourth-order valence-electron chi connectivity index (χ4n) is 2.98. The van der Waals surface area contributed by atoms with Gasteiger partial charge in [0.15, 0.2) is 5.88 Å². The van der Waals surface area contributed by atoms with E-state index in [1.807, 2.05) is 41.3 Å².